The number of para-hydroxylation sites is 1. The number of hydrogen-bond donors (Lipinski definition) is 2. The molecule has 1 fully saturated rings. The van der Waals surface area contributed by atoms with Crippen molar-refractivity contribution >= 4 is 11.9 Å². The number of anilines is 1. The van der Waals surface area contributed by atoms with Crippen LogP contribution in [0.25, 0.3) is 11.3 Å². The van der Waals surface area contributed by atoms with Crippen molar-refractivity contribution < 1.29 is 19.0 Å². The number of nitriles is 1. The van der Waals surface area contributed by atoms with Gasteiger partial charge in [-0.1, -0.05) is 12.1 Å². The summed E-state index contributed by atoms with van der Waals surface area (Å²) < 4.78 is 16.6. The molecular formula is C24H23N5O4. The molecule has 0 saturated carbocycles. The van der Waals surface area contributed by atoms with Gasteiger partial charge in [0.1, 0.15) is 23.7 Å². The highest BCUT2D eigenvalue weighted by molar-refractivity contribution is 5.97. The van der Waals surface area contributed by atoms with Crippen LogP contribution in [0.3, 0.4) is 0 Å². The molecule has 2 aromatic carbocycles. The fourth-order valence-electron chi connectivity index (χ4n) is 3.44. The van der Waals surface area contributed by atoms with Crippen LogP contribution in [-0.2, 0) is 4.74 Å². The molecule has 9 heteroatoms. The van der Waals surface area contributed by atoms with E-state index >= 15 is 0 Å². The normalized spacial score (nSPS) is 13.6. The molecule has 3 aromatic rings. The Morgan fingerprint density at radius 1 is 1.15 bits per heavy atom. The van der Waals surface area contributed by atoms with Crippen LogP contribution >= 0.6 is 0 Å². The van der Waals surface area contributed by atoms with Crippen LogP contribution in [-0.4, -0.2) is 42.3 Å². The first-order chi connectivity index (χ1) is 16.2. The van der Waals surface area contributed by atoms with Crippen LogP contribution in [0.5, 0.6) is 11.5 Å². The number of benzene rings is 2. The number of nitrogens with zero attached hydrogens (tertiary/aromatic N) is 3. The van der Waals surface area contributed by atoms with Gasteiger partial charge in [-0.2, -0.15) is 5.26 Å². The molecule has 0 atom stereocenters. The van der Waals surface area contributed by atoms with E-state index in [9.17, 15) is 10.1 Å². The van der Waals surface area contributed by atoms with Gasteiger partial charge in [-0.15, -0.1) is 0 Å². The number of ether oxygens (including phenoxy) is 3. The minimum absolute atomic E-state index is 0.0402. The van der Waals surface area contributed by atoms with E-state index in [1.54, 1.807) is 48.7 Å². The third-order valence-corrected chi connectivity index (χ3v) is 5.15. The zero-order chi connectivity index (χ0) is 23.0. The summed E-state index contributed by atoms with van der Waals surface area (Å²) in [7, 11) is 1.50. The number of nitrogens with one attached hydrogen (secondary N) is 2. The second kappa shape index (κ2) is 10.4. The third kappa shape index (κ3) is 5.37. The van der Waals surface area contributed by atoms with Crippen molar-refractivity contribution in [3.05, 3.63) is 65.9 Å². The van der Waals surface area contributed by atoms with E-state index in [4.69, 9.17) is 14.2 Å². The molecule has 0 aliphatic carbocycles. The number of hydrogen-bond acceptors (Lipinski definition) is 8. The molecule has 1 aliphatic rings. The highest BCUT2D eigenvalue weighted by atomic mass is 16.5. The van der Waals surface area contributed by atoms with Gasteiger partial charge in [-0.05, 0) is 36.4 Å². The summed E-state index contributed by atoms with van der Waals surface area (Å²) in [6.45, 7) is 1.32. The summed E-state index contributed by atoms with van der Waals surface area (Å²) in [5, 5.41) is 9.61. The zero-order valence-electron chi connectivity index (χ0n) is 18.1. The number of aromatic nitrogens is 2. The van der Waals surface area contributed by atoms with Gasteiger partial charge < -0.3 is 14.2 Å². The van der Waals surface area contributed by atoms with E-state index in [1.165, 1.54) is 7.11 Å². The third-order valence-electron chi connectivity index (χ3n) is 5.15. The van der Waals surface area contributed by atoms with Crippen molar-refractivity contribution in [2.75, 3.05) is 25.7 Å². The first kappa shape index (κ1) is 22.0. The van der Waals surface area contributed by atoms with Crippen LogP contribution in [0.15, 0.2) is 54.7 Å². The van der Waals surface area contributed by atoms with Crippen molar-refractivity contribution in [3.63, 3.8) is 0 Å². The fraction of sp³-hybridized carbons (Fsp3) is 0.250. The van der Waals surface area contributed by atoms with Crippen molar-refractivity contribution in [1.29, 1.82) is 5.26 Å². The second-order valence-corrected chi connectivity index (χ2v) is 7.30. The average molecular weight is 445 g/mol. The molecule has 0 spiro atoms. The lowest BCUT2D eigenvalue weighted by Gasteiger charge is -2.23. The maximum Gasteiger partial charge on any atom is 0.273 e. The Bertz CT molecular complexity index is 1170. The Labute approximate surface area is 191 Å². The SMILES string of the molecule is COc1ccccc1C(=O)NNc1nccc(-c2ccc(OC3CCOCC3)c(C#N)c2)n1. The Balaban J connectivity index is 1.47. The fourth-order valence-corrected chi connectivity index (χ4v) is 3.44. The molecule has 168 valence electrons. The van der Waals surface area contributed by atoms with Gasteiger partial charge in [0.15, 0.2) is 0 Å². The van der Waals surface area contributed by atoms with Crippen LogP contribution in [0.2, 0.25) is 0 Å². The number of carbonyl (C=O) groups is 1. The molecule has 4 rings (SSSR count). The van der Waals surface area contributed by atoms with E-state index in [0.717, 1.165) is 18.4 Å². The lowest BCUT2D eigenvalue weighted by molar-refractivity contribution is 0.0254. The Kier molecular flexibility index (Phi) is 6.97. The number of carbonyl (C=O) groups excluding carboxylic acids is 1. The predicted octanol–water partition coefficient (Wildman–Crippen LogP) is 3.34. The molecule has 1 amide bonds. The van der Waals surface area contributed by atoms with Gasteiger partial charge in [0, 0.05) is 24.6 Å². The lowest BCUT2D eigenvalue weighted by Crippen LogP contribution is -2.30. The van der Waals surface area contributed by atoms with Crippen molar-refractivity contribution in [2.24, 2.45) is 0 Å². The van der Waals surface area contributed by atoms with Gasteiger partial charge in [0.2, 0.25) is 5.95 Å². The Hall–Kier alpha value is -4.16. The molecule has 0 bridgehead atoms. The summed E-state index contributed by atoms with van der Waals surface area (Å²) in [4.78, 5) is 21.0. The number of hydrazine groups is 1. The minimum Gasteiger partial charge on any atom is -0.496 e. The Morgan fingerprint density at radius 3 is 2.76 bits per heavy atom. The van der Waals surface area contributed by atoms with E-state index in [0.29, 0.717) is 41.5 Å². The van der Waals surface area contributed by atoms with Crippen LogP contribution in [0.1, 0.15) is 28.8 Å². The smallest absolute Gasteiger partial charge is 0.273 e. The Morgan fingerprint density at radius 2 is 1.97 bits per heavy atom. The molecule has 0 radical (unpaired) electrons. The molecule has 1 aromatic heterocycles. The highest BCUT2D eigenvalue weighted by Gasteiger charge is 2.18. The summed E-state index contributed by atoms with van der Waals surface area (Å²) >= 11 is 0. The summed E-state index contributed by atoms with van der Waals surface area (Å²) in [5.74, 6) is 0.822. The summed E-state index contributed by atoms with van der Waals surface area (Å²) in [6.07, 6.45) is 3.21. The molecule has 2 heterocycles. The van der Waals surface area contributed by atoms with Crippen molar-refractivity contribution in [2.45, 2.75) is 18.9 Å². The molecular weight excluding hydrogens is 422 g/mol. The predicted molar refractivity (Wildman–Crippen MR) is 121 cm³/mol. The molecule has 1 saturated heterocycles. The second-order valence-electron chi connectivity index (χ2n) is 7.30. The van der Waals surface area contributed by atoms with Gasteiger partial charge in [-0.25, -0.2) is 9.97 Å². The van der Waals surface area contributed by atoms with Crippen LogP contribution < -0.4 is 20.3 Å². The first-order valence-electron chi connectivity index (χ1n) is 10.5. The van der Waals surface area contributed by atoms with Crippen molar-refractivity contribution in [3.8, 4) is 28.8 Å². The van der Waals surface area contributed by atoms with Gasteiger partial charge in [0.25, 0.3) is 5.91 Å². The molecule has 1 aliphatic heterocycles. The van der Waals surface area contributed by atoms with E-state index < -0.39 is 0 Å². The number of methoxy groups -OCH3 is 1. The zero-order valence-corrected chi connectivity index (χ0v) is 18.1. The topological polar surface area (TPSA) is 118 Å². The number of amides is 1. The molecule has 0 unspecified atom stereocenters. The summed E-state index contributed by atoms with van der Waals surface area (Å²) in [6, 6.07) is 16.2. The van der Waals surface area contributed by atoms with E-state index in [1.807, 2.05) is 6.07 Å². The maximum atomic E-state index is 12.5. The van der Waals surface area contributed by atoms with Crippen LogP contribution in [0, 0.1) is 11.3 Å². The quantitative estimate of drug-likeness (QED) is 0.532. The minimum atomic E-state index is -0.386. The van der Waals surface area contributed by atoms with Gasteiger partial charge >= 0.3 is 0 Å². The van der Waals surface area contributed by atoms with E-state index in [2.05, 4.69) is 26.9 Å². The molecule has 33 heavy (non-hydrogen) atoms. The first-order valence-corrected chi connectivity index (χ1v) is 10.5. The standard InChI is InChI=1S/C24H23N5O4/c1-31-22-5-3-2-4-19(22)23(30)28-29-24-26-11-8-20(27-24)16-6-7-21(17(14-16)15-25)33-18-9-12-32-13-10-18/h2-8,11,14,18H,9-10,12-13H2,1H3,(H,28,30)(H,26,27,29). The highest BCUT2D eigenvalue weighted by Crippen LogP contribution is 2.28. The van der Waals surface area contributed by atoms with Crippen molar-refractivity contribution in [1.82, 2.24) is 15.4 Å². The molecule has 2 N–H and O–H groups in total. The monoisotopic (exact) mass is 445 g/mol. The molecule has 9 nitrogen and oxygen atoms in total. The van der Waals surface area contributed by atoms with Gasteiger partial charge in [-0.3, -0.25) is 15.6 Å². The maximum absolute atomic E-state index is 12.5. The summed E-state index contributed by atoms with van der Waals surface area (Å²) in [5.41, 5.74) is 7.41. The van der Waals surface area contributed by atoms with Crippen LogP contribution in [0.4, 0.5) is 5.95 Å². The largest absolute Gasteiger partial charge is 0.496 e. The van der Waals surface area contributed by atoms with Gasteiger partial charge in [0.05, 0.1) is 37.1 Å². The lowest BCUT2D eigenvalue weighted by atomic mass is 10.1. The average Bonchev–Trinajstić information content (AvgIpc) is 2.88. The van der Waals surface area contributed by atoms with E-state index in [-0.39, 0.29) is 18.0 Å². The number of rotatable bonds is 7.